The molecule has 72 valence electrons. The van der Waals surface area contributed by atoms with Gasteiger partial charge in [-0.25, -0.2) is 4.39 Å². The lowest BCUT2D eigenvalue weighted by Gasteiger charge is -2.08. The number of allylic oxidation sites excluding steroid dienone is 6. The lowest BCUT2D eigenvalue weighted by Crippen LogP contribution is -2.12. The van der Waals surface area contributed by atoms with Crippen LogP contribution in [-0.2, 0) is 0 Å². The summed E-state index contributed by atoms with van der Waals surface area (Å²) in [6, 6.07) is 0. The van der Waals surface area contributed by atoms with Crippen molar-refractivity contribution in [3.05, 3.63) is 35.2 Å². The molecule has 0 atom stereocenters. The zero-order valence-corrected chi connectivity index (χ0v) is 6.95. The molecule has 1 aliphatic rings. The molecular formula is C9H8F4. The van der Waals surface area contributed by atoms with E-state index >= 15 is 0 Å². The minimum Gasteiger partial charge on any atom is -0.207 e. The van der Waals surface area contributed by atoms with Crippen LogP contribution >= 0.6 is 0 Å². The Kier molecular flexibility index (Phi) is 2.59. The lowest BCUT2D eigenvalue weighted by molar-refractivity contribution is -0.0910. The molecular weight excluding hydrogens is 184 g/mol. The van der Waals surface area contributed by atoms with Crippen LogP contribution in [-0.4, -0.2) is 6.18 Å². The van der Waals surface area contributed by atoms with E-state index in [2.05, 4.69) is 0 Å². The fourth-order valence-corrected chi connectivity index (χ4v) is 1.03. The minimum absolute atomic E-state index is 0.202. The van der Waals surface area contributed by atoms with Crippen molar-refractivity contribution in [1.29, 1.82) is 0 Å². The van der Waals surface area contributed by atoms with Gasteiger partial charge in [-0.2, -0.15) is 13.2 Å². The predicted molar refractivity (Wildman–Crippen MR) is 41.7 cm³/mol. The van der Waals surface area contributed by atoms with Crippen LogP contribution in [0.5, 0.6) is 0 Å². The van der Waals surface area contributed by atoms with Crippen molar-refractivity contribution >= 4 is 0 Å². The first-order valence-corrected chi connectivity index (χ1v) is 3.73. The van der Waals surface area contributed by atoms with E-state index in [4.69, 9.17) is 0 Å². The zero-order chi connectivity index (χ0) is 10.1. The quantitative estimate of drug-likeness (QED) is 0.513. The number of rotatable bonds is 0. The molecule has 0 fully saturated rings. The molecule has 0 N–H and O–H groups in total. The van der Waals surface area contributed by atoms with E-state index in [1.54, 1.807) is 6.08 Å². The van der Waals surface area contributed by atoms with Gasteiger partial charge in [-0.05, 0) is 25.5 Å². The topological polar surface area (TPSA) is 0 Å². The molecule has 0 aromatic carbocycles. The number of hydrogen-bond acceptors (Lipinski definition) is 0. The summed E-state index contributed by atoms with van der Waals surface area (Å²) in [5.41, 5.74) is -0.769. The van der Waals surface area contributed by atoms with Gasteiger partial charge in [0.1, 0.15) is 5.83 Å². The van der Waals surface area contributed by atoms with Gasteiger partial charge < -0.3 is 0 Å². The van der Waals surface area contributed by atoms with Gasteiger partial charge in [-0.1, -0.05) is 11.6 Å². The predicted octanol–water partition coefficient (Wildman–Crippen LogP) is 3.68. The molecule has 4 heteroatoms. The maximum atomic E-state index is 12.8. The summed E-state index contributed by atoms with van der Waals surface area (Å²) in [5, 5.41) is 0. The largest absolute Gasteiger partial charge is 0.419 e. The molecule has 0 spiro atoms. The molecule has 0 saturated carbocycles. The van der Waals surface area contributed by atoms with Crippen LogP contribution in [0.4, 0.5) is 17.6 Å². The van der Waals surface area contributed by atoms with Crippen molar-refractivity contribution in [2.24, 2.45) is 0 Å². The van der Waals surface area contributed by atoms with Crippen LogP contribution < -0.4 is 0 Å². The molecule has 0 unspecified atom stereocenters. The normalized spacial score (nSPS) is 18.7. The number of hydrogen-bond donors (Lipinski definition) is 0. The molecule has 0 radical (unpaired) electrons. The van der Waals surface area contributed by atoms with E-state index in [1.165, 1.54) is 6.92 Å². The highest BCUT2D eigenvalue weighted by molar-refractivity contribution is 5.39. The molecule has 1 aliphatic carbocycles. The van der Waals surface area contributed by atoms with E-state index in [9.17, 15) is 17.6 Å². The monoisotopic (exact) mass is 192 g/mol. The fraction of sp³-hybridized carbons (Fsp3) is 0.333. The zero-order valence-electron chi connectivity index (χ0n) is 6.95. The first-order valence-electron chi connectivity index (χ1n) is 3.73. The highest BCUT2D eigenvalue weighted by Gasteiger charge is 2.36. The average molecular weight is 192 g/mol. The number of halogens is 4. The SMILES string of the molecule is CC1=CCC=C(F)C(C(F)(F)F)=C1. The Morgan fingerprint density at radius 3 is 2.38 bits per heavy atom. The standard InChI is InChI=1S/C9H8F4/c1-6-3-2-4-8(10)7(5-6)9(11,12)13/h3-5H,2H2,1H3. The van der Waals surface area contributed by atoms with Crippen molar-refractivity contribution in [2.45, 2.75) is 19.5 Å². The molecule has 0 nitrogen and oxygen atoms in total. The van der Waals surface area contributed by atoms with Gasteiger partial charge >= 0.3 is 6.18 Å². The van der Waals surface area contributed by atoms with Crippen LogP contribution in [0.15, 0.2) is 35.2 Å². The highest BCUT2D eigenvalue weighted by Crippen LogP contribution is 2.34. The molecule has 13 heavy (non-hydrogen) atoms. The third-order valence-electron chi connectivity index (χ3n) is 1.67. The molecule has 0 aromatic heterocycles. The molecule has 0 aromatic rings. The Labute approximate surface area is 73.2 Å². The van der Waals surface area contributed by atoms with E-state index < -0.39 is 17.6 Å². The molecule has 0 heterocycles. The van der Waals surface area contributed by atoms with Crippen molar-refractivity contribution in [3.63, 3.8) is 0 Å². The maximum absolute atomic E-state index is 12.8. The second-order valence-corrected chi connectivity index (χ2v) is 2.79. The first kappa shape index (κ1) is 10.0. The summed E-state index contributed by atoms with van der Waals surface area (Å²) in [6.07, 6.45) is -1.12. The molecule has 1 rings (SSSR count). The van der Waals surface area contributed by atoms with Gasteiger partial charge in [0, 0.05) is 0 Å². The highest BCUT2D eigenvalue weighted by atomic mass is 19.4. The Hall–Kier alpha value is -1.06. The summed E-state index contributed by atoms with van der Waals surface area (Å²) < 4.78 is 49.3. The molecule has 0 bridgehead atoms. The second-order valence-electron chi connectivity index (χ2n) is 2.79. The fourth-order valence-electron chi connectivity index (χ4n) is 1.03. The Balaban J connectivity index is 3.11. The third-order valence-corrected chi connectivity index (χ3v) is 1.67. The summed E-state index contributed by atoms with van der Waals surface area (Å²) in [5.74, 6) is -1.19. The van der Waals surface area contributed by atoms with Crippen molar-refractivity contribution < 1.29 is 17.6 Å². The summed E-state index contributed by atoms with van der Waals surface area (Å²) in [7, 11) is 0. The first-order chi connectivity index (χ1) is 5.91. The van der Waals surface area contributed by atoms with Crippen LogP contribution in [0, 0.1) is 0 Å². The van der Waals surface area contributed by atoms with E-state index in [-0.39, 0.29) is 6.42 Å². The van der Waals surface area contributed by atoms with Gasteiger partial charge in [-0.15, -0.1) is 0 Å². The number of alkyl halides is 3. The molecule has 0 aliphatic heterocycles. The van der Waals surface area contributed by atoms with Crippen molar-refractivity contribution in [3.8, 4) is 0 Å². The Morgan fingerprint density at radius 2 is 1.85 bits per heavy atom. The van der Waals surface area contributed by atoms with Crippen LogP contribution in [0.2, 0.25) is 0 Å². The summed E-state index contributed by atoms with van der Waals surface area (Å²) >= 11 is 0. The third kappa shape index (κ3) is 2.44. The second kappa shape index (κ2) is 3.36. The van der Waals surface area contributed by atoms with Crippen LogP contribution in [0.3, 0.4) is 0 Å². The minimum atomic E-state index is -4.61. The van der Waals surface area contributed by atoms with Gasteiger partial charge in [0.2, 0.25) is 0 Å². The molecule has 0 amide bonds. The van der Waals surface area contributed by atoms with Gasteiger partial charge in [-0.3, -0.25) is 0 Å². The Morgan fingerprint density at radius 1 is 1.23 bits per heavy atom. The lowest BCUT2D eigenvalue weighted by atomic mass is 10.1. The van der Waals surface area contributed by atoms with Crippen molar-refractivity contribution in [2.75, 3.05) is 0 Å². The van der Waals surface area contributed by atoms with Crippen molar-refractivity contribution in [1.82, 2.24) is 0 Å². The van der Waals surface area contributed by atoms with Crippen LogP contribution in [0.1, 0.15) is 13.3 Å². The summed E-state index contributed by atoms with van der Waals surface area (Å²) in [4.78, 5) is 0. The van der Waals surface area contributed by atoms with E-state index in [0.717, 1.165) is 12.2 Å². The van der Waals surface area contributed by atoms with Gasteiger partial charge in [0.15, 0.2) is 0 Å². The smallest absolute Gasteiger partial charge is 0.207 e. The van der Waals surface area contributed by atoms with E-state index in [1.807, 2.05) is 0 Å². The Bertz CT molecular complexity index is 291. The van der Waals surface area contributed by atoms with E-state index in [0.29, 0.717) is 5.57 Å². The average Bonchev–Trinajstić information content (AvgIpc) is 2.11. The van der Waals surface area contributed by atoms with Gasteiger partial charge in [0.25, 0.3) is 0 Å². The van der Waals surface area contributed by atoms with Gasteiger partial charge in [0.05, 0.1) is 5.57 Å². The summed E-state index contributed by atoms with van der Waals surface area (Å²) in [6.45, 7) is 1.51. The molecule has 0 saturated heterocycles. The van der Waals surface area contributed by atoms with Crippen LogP contribution in [0.25, 0.3) is 0 Å². The maximum Gasteiger partial charge on any atom is 0.419 e.